The molecule has 1 saturated heterocycles. The van der Waals surface area contributed by atoms with Crippen LogP contribution in [0.2, 0.25) is 0 Å². The minimum absolute atomic E-state index is 0.114. The number of carbonyl (C=O) groups excluding carboxylic acids is 2. The summed E-state index contributed by atoms with van der Waals surface area (Å²) in [4.78, 5) is 31.2. The molecule has 6 nitrogen and oxygen atoms in total. The average Bonchev–Trinajstić information content (AvgIpc) is 3.04. The molecule has 2 aromatic rings. The predicted octanol–water partition coefficient (Wildman–Crippen LogP) is 2.82. The third kappa shape index (κ3) is 7.10. The van der Waals surface area contributed by atoms with Gasteiger partial charge in [0.1, 0.15) is 5.75 Å². The summed E-state index contributed by atoms with van der Waals surface area (Å²) in [5.74, 6) is 1.12. The van der Waals surface area contributed by atoms with Gasteiger partial charge in [-0.05, 0) is 36.1 Å². The summed E-state index contributed by atoms with van der Waals surface area (Å²) in [6, 6.07) is 17.9. The zero-order chi connectivity index (χ0) is 22.1. The first kappa shape index (κ1) is 22.8. The summed E-state index contributed by atoms with van der Waals surface area (Å²) >= 11 is 0. The zero-order valence-electron chi connectivity index (χ0n) is 18.6. The number of nitrogens with zero attached hydrogens (tertiary/aromatic N) is 3. The fourth-order valence-electron chi connectivity index (χ4n) is 3.84. The number of hydrogen-bond acceptors (Lipinski definition) is 4. The van der Waals surface area contributed by atoms with Gasteiger partial charge in [-0.1, -0.05) is 42.5 Å². The van der Waals surface area contributed by atoms with Gasteiger partial charge in [0.05, 0.1) is 13.7 Å². The molecule has 0 unspecified atom stereocenters. The SMILES string of the molecule is COc1ccc(CCC(=O)N2CCCN(CC(=O)N(C)Cc3ccccc3)CC2)cc1. The van der Waals surface area contributed by atoms with E-state index in [9.17, 15) is 9.59 Å². The van der Waals surface area contributed by atoms with E-state index in [1.54, 1.807) is 12.0 Å². The quantitative estimate of drug-likeness (QED) is 0.655. The summed E-state index contributed by atoms with van der Waals surface area (Å²) in [6.45, 7) is 4.02. The molecule has 2 amide bonds. The van der Waals surface area contributed by atoms with Gasteiger partial charge < -0.3 is 14.5 Å². The van der Waals surface area contributed by atoms with Crippen molar-refractivity contribution in [3.8, 4) is 5.75 Å². The van der Waals surface area contributed by atoms with Crippen molar-refractivity contribution >= 4 is 11.8 Å². The first-order valence-electron chi connectivity index (χ1n) is 11.0. The Morgan fingerprint density at radius 3 is 2.39 bits per heavy atom. The minimum atomic E-state index is 0.114. The van der Waals surface area contributed by atoms with Crippen molar-refractivity contribution < 1.29 is 14.3 Å². The second-order valence-corrected chi connectivity index (χ2v) is 8.09. The Kier molecular flexibility index (Phi) is 8.47. The molecule has 0 spiro atoms. The highest BCUT2D eigenvalue weighted by Gasteiger charge is 2.21. The van der Waals surface area contributed by atoms with Crippen LogP contribution in [0.1, 0.15) is 24.0 Å². The van der Waals surface area contributed by atoms with Crippen LogP contribution in [0.25, 0.3) is 0 Å². The zero-order valence-corrected chi connectivity index (χ0v) is 18.6. The van der Waals surface area contributed by atoms with Gasteiger partial charge in [-0.15, -0.1) is 0 Å². The predicted molar refractivity (Wildman–Crippen MR) is 122 cm³/mol. The highest BCUT2D eigenvalue weighted by Crippen LogP contribution is 2.14. The molecule has 1 fully saturated rings. The van der Waals surface area contributed by atoms with E-state index in [0.29, 0.717) is 26.1 Å². The minimum Gasteiger partial charge on any atom is -0.497 e. The van der Waals surface area contributed by atoms with Crippen LogP contribution in [0.15, 0.2) is 54.6 Å². The third-order valence-corrected chi connectivity index (χ3v) is 5.78. The molecular formula is C25H33N3O3. The van der Waals surface area contributed by atoms with Crippen molar-refractivity contribution in [3.63, 3.8) is 0 Å². The van der Waals surface area contributed by atoms with Crippen molar-refractivity contribution in [2.45, 2.75) is 25.8 Å². The van der Waals surface area contributed by atoms with Crippen LogP contribution in [0, 0.1) is 0 Å². The smallest absolute Gasteiger partial charge is 0.236 e. The van der Waals surface area contributed by atoms with Crippen LogP contribution in [0.3, 0.4) is 0 Å². The number of amides is 2. The molecule has 0 atom stereocenters. The average molecular weight is 424 g/mol. The van der Waals surface area contributed by atoms with Crippen molar-refractivity contribution in [2.24, 2.45) is 0 Å². The van der Waals surface area contributed by atoms with E-state index < -0.39 is 0 Å². The summed E-state index contributed by atoms with van der Waals surface area (Å²) < 4.78 is 5.18. The molecule has 1 aliphatic heterocycles. The van der Waals surface area contributed by atoms with Crippen molar-refractivity contribution in [1.29, 1.82) is 0 Å². The number of ether oxygens (including phenoxy) is 1. The first-order valence-corrected chi connectivity index (χ1v) is 11.0. The number of aryl methyl sites for hydroxylation is 1. The molecule has 1 aliphatic rings. The van der Waals surface area contributed by atoms with Gasteiger partial charge in [-0.2, -0.15) is 0 Å². The number of carbonyl (C=O) groups is 2. The van der Waals surface area contributed by atoms with Crippen LogP contribution in [-0.4, -0.2) is 73.4 Å². The van der Waals surface area contributed by atoms with Crippen molar-refractivity contribution in [3.05, 3.63) is 65.7 Å². The molecule has 0 N–H and O–H groups in total. The largest absolute Gasteiger partial charge is 0.497 e. The number of benzene rings is 2. The van der Waals surface area contributed by atoms with Crippen molar-refractivity contribution in [1.82, 2.24) is 14.7 Å². The monoisotopic (exact) mass is 423 g/mol. The van der Waals surface area contributed by atoms with E-state index in [2.05, 4.69) is 4.90 Å². The van der Waals surface area contributed by atoms with E-state index in [1.165, 1.54) is 0 Å². The lowest BCUT2D eigenvalue weighted by Gasteiger charge is -2.24. The molecule has 166 valence electrons. The topological polar surface area (TPSA) is 53.1 Å². The second kappa shape index (κ2) is 11.5. The molecule has 2 aromatic carbocycles. The summed E-state index contributed by atoms with van der Waals surface area (Å²) in [7, 11) is 3.50. The number of hydrogen-bond donors (Lipinski definition) is 0. The second-order valence-electron chi connectivity index (χ2n) is 8.09. The number of likely N-dealkylation sites (N-methyl/N-ethyl adjacent to an activating group) is 1. The Morgan fingerprint density at radius 1 is 0.935 bits per heavy atom. The van der Waals surface area contributed by atoms with Gasteiger partial charge in [-0.25, -0.2) is 0 Å². The van der Waals surface area contributed by atoms with Crippen LogP contribution in [0.4, 0.5) is 0 Å². The third-order valence-electron chi connectivity index (χ3n) is 5.78. The van der Waals surface area contributed by atoms with E-state index >= 15 is 0 Å². The lowest BCUT2D eigenvalue weighted by molar-refractivity contribution is -0.131. The highest BCUT2D eigenvalue weighted by atomic mass is 16.5. The normalized spacial score (nSPS) is 14.7. The first-order chi connectivity index (χ1) is 15.0. The fourth-order valence-corrected chi connectivity index (χ4v) is 3.84. The van der Waals surface area contributed by atoms with Gasteiger partial charge >= 0.3 is 0 Å². The van der Waals surface area contributed by atoms with Gasteiger partial charge in [0.2, 0.25) is 11.8 Å². The fraction of sp³-hybridized carbons (Fsp3) is 0.440. The molecule has 1 heterocycles. The van der Waals surface area contributed by atoms with Gasteiger partial charge in [-0.3, -0.25) is 14.5 Å². The Balaban J connectivity index is 1.42. The summed E-state index contributed by atoms with van der Waals surface area (Å²) in [5.41, 5.74) is 2.26. The molecule has 0 bridgehead atoms. The van der Waals surface area contributed by atoms with Crippen LogP contribution in [0.5, 0.6) is 5.75 Å². The molecule has 3 rings (SSSR count). The van der Waals surface area contributed by atoms with E-state index in [4.69, 9.17) is 4.74 Å². The van der Waals surface area contributed by atoms with E-state index in [1.807, 2.05) is 66.5 Å². The van der Waals surface area contributed by atoms with Crippen LogP contribution < -0.4 is 4.74 Å². The maximum Gasteiger partial charge on any atom is 0.236 e. The van der Waals surface area contributed by atoms with Crippen LogP contribution in [-0.2, 0) is 22.6 Å². The molecule has 0 radical (unpaired) electrons. The Labute approximate surface area is 185 Å². The number of methoxy groups -OCH3 is 1. The van der Waals surface area contributed by atoms with E-state index in [0.717, 1.165) is 49.4 Å². The lowest BCUT2D eigenvalue weighted by Crippen LogP contribution is -2.40. The Morgan fingerprint density at radius 2 is 1.68 bits per heavy atom. The Hall–Kier alpha value is -2.86. The van der Waals surface area contributed by atoms with Crippen LogP contribution >= 0.6 is 0 Å². The molecule has 31 heavy (non-hydrogen) atoms. The molecule has 0 aromatic heterocycles. The van der Waals surface area contributed by atoms with Gasteiger partial charge in [0.25, 0.3) is 0 Å². The highest BCUT2D eigenvalue weighted by molar-refractivity contribution is 5.78. The standard InChI is InChI=1S/C25H33N3O3/c1-26(19-22-7-4-3-5-8-22)25(30)20-27-15-6-16-28(18-17-27)24(29)14-11-21-9-12-23(31-2)13-10-21/h3-5,7-10,12-13H,6,11,14-20H2,1-2H3. The summed E-state index contributed by atoms with van der Waals surface area (Å²) in [6.07, 6.45) is 2.13. The molecule has 0 aliphatic carbocycles. The lowest BCUT2D eigenvalue weighted by atomic mass is 10.1. The maximum atomic E-state index is 12.7. The summed E-state index contributed by atoms with van der Waals surface area (Å²) in [5, 5.41) is 0. The maximum absolute atomic E-state index is 12.7. The van der Waals surface area contributed by atoms with Crippen molar-refractivity contribution in [2.75, 3.05) is 46.9 Å². The van der Waals surface area contributed by atoms with Gasteiger partial charge in [0, 0.05) is 46.2 Å². The molecule has 6 heteroatoms. The Bertz CT molecular complexity index is 839. The molecule has 0 saturated carbocycles. The molecular weight excluding hydrogens is 390 g/mol. The van der Waals surface area contributed by atoms with E-state index in [-0.39, 0.29) is 11.8 Å². The van der Waals surface area contributed by atoms with Gasteiger partial charge in [0.15, 0.2) is 0 Å². The number of rotatable bonds is 8.